The van der Waals surface area contributed by atoms with Gasteiger partial charge in [0.2, 0.25) is 0 Å². The van der Waals surface area contributed by atoms with Crippen molar-refractivity contribution in [3.8, 4) is 5.75 Å². The second kappa shape index (κ2) is 8.31. The highest BCUT2D eigenvalue weighted by molar-refractivity contribution is 7.17. The summed E-state index contributed by atoms with van der Waals surface area (Å²) in [7, 11) is 1.82. The van der Waals surface area contributed by atoms with E-state index in [2.05, 4.69) is 15.2 Å². The van der Waals surface area contributed by atoms with Crippen molar-refractivity contribution in [1.82, 2.24) is 14.8 Å². The first-order chi connectivity index (χ1) is 12.2. The number of rotatable bonds is 6. The van der Waals surface area contributed by atoms with E-state index in [1.54, 1.807) is 0 Å². The van der Waals surface area contributed by atoms with Gasteiger partial charge < -0.3 is 15.0 Å². The molecule has 1 N–H and O–H groups in total. The lowest BCUT2D eigenvalue weighted by atomic mass is 10.2. The molecule has 0 spiro atoms. The lowest BCUT2D eigenvalue weighted by Crippen LogP contribution is -2.49. The number of benzene rings is 1. The van der Waals surface area contributed by atoms with Gasteiger partial charge in [-0.15, -0.1) is 0 Å². The first-order valence-corrected chi connectivity index (χ1v) is 9.33. The van der Waals surface area contributed by atoms with E-state index in [0.29, 0.717) is 6.61 Å². The van der Waals surface area contributed by atoms with Gasteiger partial charge in [0.25, 0.3) is 5.91 Å². The lowest BCUT2D eigenvalue weighted by Gasteiger charge is -2.34. The second-order valence-electron chi connectivity index (χ2n) is 5.98. The Morgan fingerprint density at radius 1 is 1.24 bits per heavy atom. The number of hydrogen-bond donors (Lipinski definition) is 1. The highest BCUT2D eigenvalue weighted by atomic mass is 32.1. The number of carbonyl (C=O) groups is 1. The Bertz CT molecular complexity index is 696. The third-order valence-electron chi connectivity index (χ3n) is 4.28. The predicted molar refractivity (Wildman–Crippen MR) is 101 cm³/mol. The SMILES string of the molecule is CNc1nc(C)c(C(=O)N2CCN(CCOc3ccccc3)CC2)s1. The van der Waals surface area contributed by atoms with Crippen LogP contribution in [0.5, 0.6) is 5.75 Å². The van der Waals surface area contributed by atoms with Gasteiger partial charge in [-0.3, -0.25) is 9.69 Å². The quantitative estimate of drug-likeness (QED) is 0.857. The van der Waals surface area contributed by atoms with E-state index in [9.17, 15) is 4.79 Å². The van der Waals surface area contributed by atoms with Crippen molar-refractivity contribution in [2.45, 2.75) is 6.92 Å². The maximum absolute atomic E-state index is 12.7. The molecular formula is C18H24N4O2S. The summed E-state index contributed by atoms with van der Waals surface area (Å²) in [6.07, 6.45) is 0. The Hall–Kier alpha value is -2.12. The second-order valence-corrected chi connectivity index (χ2v) is 6.98. The van der Waals surface area contributed by atoms with Gasteiger partial charge in [0.05, 0.1) is 5.69 Å². The predicted octanol–water partition coefficient (Wildman–Crippen LogP) is 2.33. The van der Waals surface area contributed by atoms with Crippen LogP contribution in [0.15, 0.2) is 30.3 Å². The molecule has 1 fully saturated rings. The summed E-state index contributed by atoms with van der Waals surface area (Å²) in [6.45, 7) is 6.67. The first-order valence-electron chi connectivity index (χ1n) is 8.52. The molecule has 3 rings (SSSR count). The van der Waals surface area contributed by atoms with Gasteiger partial charge in [0.1, 0.15) is 17.2 Å². The normalized spacial score (nSPS) is 15.2. The monoisotopic (exact) mass is 360 g/mol. The molecule has 2 heterocycles. The summed E-state index contributed by atoms with van der Waals surface area (Å²) in [5.74, 6) is 0.994. The zero-order chi connectivity index (χ0) is 17.6. The minimum atomic E-state index is 0.0942. The average Bonchev–Trinajstić information content (AvgIpc) is 3.03. The fraction of sp³-hybridized carbons (Fsp3) is 0.444. The van der Waals surface area contributed by atoms with Crippen LogP contribution in [0, 0.1) is 6.92 Å². The number of para-hydroxylation sites is 1. The van der Waals surface area contributed by atoms with Crippen molar-refractivity contribution in [2.75, 3.05) is 51.7 Å². The number of nitrogens with one attached hydrogen (secondary N) is 1. The fourth-order valence-electron chi connectivity index (χ4n) is 2.83. The van der Waals surface area contributed by atoms with Gasteiger partial charge in [-0.1, -0.05) is 29.5 Å². The van der Waals surface area contributed by atoms with E-state index in [-0.39, 0.29) is 5.91 Å². The highest BCUT2D eigenvalue weighted by Gasteiger charge is 2.25. The minimum absolute atomic E-state index is 0.0942. The van der Waals surface area contributed by atoms with E-state index < -0.39 is 0 Å². The van der Waals surface area contributed by atoms with Crippen LogP contribution in [-0.2, 0) is 0 Å². The maximum atomic E-state index is 12.7. The number of aromatic nitrogens is 1. The van der Waals surface area contributed by atoms with Gasteiger partial charge in [-0.2, -0.15) is 0 Å². The van der Waals surface area contributed by atoms with Crippen molar-refractivity contribution in [3.05, 3.63) is 40.9 Å². The molecule has 1 aromatic carbocycles. The van der Waals surface area contributed by atoms with Crippen LogP contribution in [0.2, 0.25) is 0 Å². The molecule has 0 unspecified atom stereocenters. The van der Waals surface area contributed by atoms with Crippen molar-refractivity contribution in [3.63, 3.8) is 0 Å². The molecule has 1 saturated heterocycles. The summed E-state index contributed by atoms with van der Waals surface area (Å²) in [4.78, 5) is 22.0. The number of anilines is 1. The van der Waals surface area contributed by atoms with Crippen LogP contribution in [0.1, 0.15) is 15.4 Å². The molecule has 0 atom stereocenters. The number of thiazole rings is 1. The third kappa shape index (κ3) is 4.49. The number of aryl methyl sites for hydroxylation is 1. The summed E-state index contributed by atoms with van der Waals surface area (Å²) in [5, 5.41) is 3.79. The standard InChI is InChI=1S/C18H24N4O2S/c1-14-16(25-18(19-2)20-14)17(23)22-10-8-21(9-11-22)12-13-24-15-6-4-3-5-7-15/h3-7H,8-13H2,1-2H3,(H,19,20). The van der Waals surface area contributed by atoms with Gasteiger partial charge in [-0.25, -0.2) is 4.98 Å². The molecule has 0 aliphatic carbocycles. The van der Waals surface area contributed by atoms with E-state index in [1.807, 2.05) is 49.2 Å². The maximum Gasteiger partial charge on any atom is 0.266 e. The topological polar surface area (TPSA) is 57.7 Å². The van der Waals surface area contributed by atoms with Crippen molar-refractivity contribution in [1.29, 1.82) is 0 Å². The zero-order valence-corrected chi connectivity index (χ0v) is 15.5. The summed E-state index contributed by atoms with van der Waals surface area (Å²) in [6, 6.07) is 9.86. The Kier molecular flexibility index (Phi) is 5.88. The molecule has 25 heavy (non-hydrogen) atoms. The lowest BCUT2D eigenvalue weighted by molar-refractivity contribution is 0.0624. The van der Waals surface area contributed by atoms with Crippen LogP contribution >= 0.6 is 11.3 Å². The van der Waals surface area contributed by atoms with Gasteiger partial charge >= 0.3 is 0 Å². The summed E-state index contributed by atoms with van der Waals surface area (Å²) in [5.41, 5.74) is 0.804. The van der Waals surface area contributed by atoms with Gasteiger partial charge in [0, 0.05) is 39.8 Å². The highest BCUT2D eigenvalue weighted by Crippen LogP contribution is 2.24. The number of amides is 1. The molecule has 134 valence electrons. The van der Waals surface area contributed by atoms with E-state index in [4.69, 9.17) is 4.74 Å². The van der Waals surface area contributed by atoms with Crippen molar-refractivity contribution >= 4 is 22.4 Å². The van der Waals surface area contributed by atoms with Crippen LogP contribution < -0.4 is 10.1 Å². The van der Waals surface area contributed by atoms with Gasteiger partial charge in [-0.05, 0) is 19.1 Å². The molecule has 1 aliphatic rings. The molecular weight excluding hydrogens is 336 g/mol. The average molecular weight is 360 g/mol. The van der Waals surface area contributed by atoms with Crippen LogP contribution in [0.4, 0.5) is 5.13 Å². The van der Waals surface area contributed by atoms with Gasteiger partial charge in [0.15, 0.2) is 5.13 Å². The number of carbonyl (C=O) groups excluding carboxylic acids is 1. The fourth-order valence-corrected chi connectivity index (χ4v) is 3.72. The Morgan fingerprint density at radius 2 is 1.96 bits per heavy atom. The van der Waals surface area contributed by atoms with Crippen LogP contribution in [0.25, 0.3) is 0 Å². The largest absolute Gasteiger partial charge is 0.492 e. The van der Waals surface area contributed by atoms with E-state index in [0.717, 1.165) is 54.2 Å². The molecule has 1 amide bonds. The van der Waals surface area contributed by atoms with E-state index in [1.165, 1.54) is 11.3 Å². The number of nitrogens with zero attached hydrogens (tertiary/aromatic N) is 3. The molecule has 0 radical (unpaired) electrons. The Morgan fingerprint density at radius 3 is 2.60 bits per heavy atom. The minimum Gasteiger partial charge on any atom is -0.492 e. The first kappa shape index (κ1) is 17.7. The zero-order valence-electron chi connectivity index (χ0n) is 14.7. The van der Waals surface area contributed by atoms with Crippen LogP contribution in [-0.4, -0.2) is 67.1 Å². The molecule has 2 aromatic rings. The molecule has 0 saturated carbocycles. The van der Waals surface area contributed by atoms with E-state index >= 15 is 0 Å². The summed E-state index contributed by atoms with van der Waals surface area (Å²) < 4.78 is 5.75. The smallest absolute Gasteiger partial charge is 0.266 e. The Balaban J connectivity index is 1.45. The van der Waals surface area contributed by atoms with Crippen molar-refractivity contribution in [2.24, 2.45) is 0 Å². The third-order valence-corrected chi connectivity index (χ3v) is 5.45. The molecule has 6 nitrogen and oxygen atoms in total. The molecule has 7 heteroatoms. The molecule has 0 bridgehead atoms. The molecule has 1 aromatic heterocycles. The van der Waals surface area contributed by atoms with Crippen molar-refractivity contribution < 1.29 is 9.53 Å². The number of ether oxygens (including phenoxy) is 1. The Labute approximate surface area is 152 Å². The number of piperazine rings is 1. The molecule has 1 aliphatic heterocycles. The number of hydrogen-bond acceptors (Lipinski definition) is 6. The summed E-state index contributed by atoms with van der Waals surface area (Å²) >= 11 is 1.43. The van der Waals surface area contributed by atoms with Crippen LogP contribution in [0.3, 0.4) is 0 Å².